The van der Waals surface area contributed by atoms with Gasteiger partial charge < -0.3 is 9.72 Å². The molecule has 2 aromatic carbocycles. The van der Waals surface area contributed by atoms with Gasteiger partial charge in [-0.15, -0.1) is 0 Å². The fraction of sp³-hybridized carbons (Fsp3) is 0.0800. The van der Waals surface area contributed by atoms with Gasteiger partial charge in [0.1, 0.15) is 11.3 Å². The number of imidazole rings is 1. The molecule has 1 amide bonds. The van der Waals surface area contributed by atoms with Crippen LogP contribution in [0.5, 0.6) is 0 Å². The van der Waals surface area contributed by atoms with Crippen molar-refractivity contribution in [3.05, 3.63) is 95.9 Å². The van der Waals surface area contributed by atoms with Gasteiger partial charge in [0, 0.05) is 29.0 Å². The third kappa shape index (κ3) is 3.31. The highest BCUT2D eigenvalue weighted by atomic mass is 16.1. The summed E-state index contributed by atoms with van der Waals surface area (Å²) in [7, 11) is 0. The molecule has 0 aliphatic heterocycles. The van der Waals surface area contributed by atoms with Gasteiger partial charge >= 0.3 is 0 Å². The molecule has 1 N–H and O–H groups in total. The highest BCUT2D eigenvalue weighted by molar-refractivity contribution is 6.04. The number of para-hydroxylation sites is 1. The minimum atomic E-state index is -0.230. The zero-order valence-corrected chi connectivity index (χ0v) is 16.8. The number of pyridine rings is 2. The van der Waals surface area contributed by atoms with E-state index in [9.17, 15) is 4.79 Å². The summed E-state index contributed by atoms with van der Waals surface area (Å²) in [5, 5.41) is 4.02. The Labute approximate surface area is 174 Å². The van der Waals surface area contributed by atoms with Gasteiger partial charge in [-0.05, 0) is 55.3 Å². The number of hydrogen-bond donors (Lipinski definition) is 1. The smallest absolute Gasteiger partial charge is 0.274 e. The van der Waals surface area contributed by atoms with Crippen LogP contribution in [0.3, 0.4) is 0 Å². The molecule has 0 saturated heterocycles. The van der Waals surface area contributed by atoms with Crippen molar-refractivity contribution in [3.8, 4) is 11.3 Å². The van der Waals surface area contributed by atoms with Crippen LogP contribution in [0.1, 0.15) is 21.6 Å². The van der Waals surface area contributed by atoms with Crippen LogP contribution >= 0.6 is 0 Å². The summed E-state index contributed by atoms with van der Waals surface area (Å²) in [5.74, 6) is -0.230. The molecule has 5 aromatic rings. The van der Waals surface area contributed by atoms with E-state index in [1.54, 1.807) is 6.07 Å². The van der Waals surface area contributed by atoms with Gasteiger partial charge in [0.2, 0.25) is 0 Å². The SMILES string of the molecule is Cc1ccn2cc(-c3ccc(C)c(NC(=O)c4ccc5ccccc5n4)c3)nc2c1. The molecule has 3 heterocycles. The van der Waals surface area contributed by atoms with E-state index in [0.29, 0.717) is 5.69 Å². The summed E-state index contributed by atoms with van der Waals surface area (Å²) < 4.78 is 2.00. The number of amides is 1. The van der Waals surface area contributed by atoms with Crippen LogP contribution < -0.4 is 5.32 Å². The zero-order chi connectivity index (χ0) is 20.7. The number of fused-ring (bicyclic) bond motifs is 2. The topological polar surface area (TPSA) is 59.3 Å². The zero-order valence-electron chi connectivity index (χ0n) is 16.8. The van der Waals surface area contributed by atoms with Gasteiger partial charge in [-0.3, -0.25) is 4.79 Å². The maximum atomic E-state index is 12.8. The quantitative estimate of drug-likeness (QED) is 0.446. The van der Waals surface area contributed by atoms with E-state index < -0.39 is 0 Å². The highest BCUT2D eigenvalue weighted by Gasteiger charge is 2.12. The molecular formula is C25H20N4O. The van der Waals surface area contributed by atoms with Crippen LogP contribution in [0.15, 0.2) is 79.1 Å². The Hall–Kier alpha value is -3.99. The Balaban J connectivity index is 1.47. The van der Waals surface area contributed by atoms with Crippen LogP contribution in [0, 0.1) is 13.8 Å². The van der Waals surface area contributed by atoms with Gasteiger partial charge in [-0.1, -0.05) is 36.4 Å². The largest absolute Gasteiger partial charge is 0.320 e. The lowest BCUT2D eigenvalue weighted by molar-refractivity contribution is 0.102. The van der Waals surface area contributed by atoms with E-state index in [2.05, 4.69) is 23.3 Å². The van der Waals surface area contributed by atoms with Crippen LogP contribution in [0.2, 0.25) is 0 Å². The van der Waals surface area contributed by atoms with Crippen molar-refractivity contribution < 1.29 is 4.79 Å². The predicted octanol–water partition coefficient (Wildman–Crippen LogP) is 5.42. The first kappa shape index (κ1) is 18.1. The number of aromatic nitrogens is 3. The Kier molecular flexibility index (Phi) is 4.29. The number of rotatable bonds is 3. The molecule has 0 atom stereocenters. The Morgan fingerprint density at radius 2 is 1.80 bits per heavy atom. The van der Waals surface area contributed by atoms with E-state index in [1.807, 2.05) is 78.3 Å². The van der Waals surface area contributed by atoms with Crippen LogP contribution in [0.4, 0.5) is 5.69 Å². The fourth-order valence-corrected chi connectivity index (χ4v) is 3.52. The summed E-state index contributed by atoms with van der Waals surface area (Å²) in [4.78, 5) is 22.1. The van der Waals surface area contributed by atoms with Gasteiger partial charge in [0.15, 0.2) is 0 Å². The third-order valence-electron chi connectivity index (χ3n) is 5.23. The molecule has 0 unspecified atom stereocenters. The van der Waals surface area contributed by atoms with Gasteiger partial charge in [0.05, 0.1) is 11.2 Å². The summed E-state index contributed by atoms with van der Waals surface area (Å²) >= 11 is 0. The second-order valence-electron chi connectivity index (χ2n) is 7.47. The van der Waals surface area contributed by atoms with E-state index in [-0.39, 0.29) is 5.91 Å². The number of benzene rings is 2. The van der Waals surface area contributed by atoms with Crippen molar-refractivity contribution in [1.29, 1.82) is 0 Å². The molecule has 0 spiro atoms. The Morgan fingerprint density at radius 1 is 0.933 bits per heavy atom. The van der Waals surface area contributed by atoms with Gasteiger partial charge in [-0.25, -0.2) is 9.97 Å². The van der Waals surface area contributed by atoms with Crippen LogP contribution in [-0.2, 0) is 0 Å². The van der Waals surface area contributed by atoms with Crippen molar-refractivity contribution in [2.24, 2.45) is 0 Å². The predicted molar refractivity (Wildman–Crippen MR) is 120 cm³/mol. The maximum absolute atomic E-state index is 12.8. The number of carbonyl (C=O) groups excluding carboxylic acids is 1. The van der Waals surface area contributed by atoms with Crippen molar-refractivity contribution in [1.82, 2.24) is 14.4 Å². The summed E-state index contributed by atoms with van der Waals surface area (Å²) in [6.07, 6.45) is 4.00. The second-order valence-corrected chi connectivity index (χ2v) is 7.47. The first-order valence-corrected chi connectivity index (χ1v) is 9.80. The second kappa shape index (κ2) is 7.12. The first-order chi connectivity index (χ1) is 14.6. The van der Waals surface area contributed by atoms with Crippen molar-refractivity contribution in [2.75, 3.05) is 5.32 Å². The number of carbonyl (C=O) groups is 1. The maximum Gasteiger partial charge on any atom is 0.274 e. The molecule has 5 heteroatoms. The monoisotopic (exact) mass is 392 g/mol. The van der Waals surface area contributed by atoms with E-state index in [0.717, 1.165) is 39.1 Å². The molecule has 0 saturated carbocycles. The Morgan fingerprint density at radius 3 is 2.70 bits per heavy atom. The normalized spacial score (nSPS) is 11.1. The number of nitrogens with one attached hydrogen (secondary N) is 1. The first-order valence-electron chi connectivity index (χ1n) is 9.80. The summed E-state index contributed by atoms with van der Waals surface area (Å²) in [5.41, 5.74) is 6.80. The summed E-state index contributed by atoms with van der Waals surface area (Å²) in [6.45, 7) is 4.02. The van der Waals surface area contributed by atoms with Crippen LogP contribution in [-0.4, -0.2) is 20.3 Å². The molecule has 0 radical (unpaired) electrons. The molecule has 30 heavy (non-hydrogen) atoms. The molecule has 5 rings (SSSR count). The third-order valence-corrected chi connectivity index (χ3v) is 5.23. The van der Waals surface area contributed by atoms with Gasteiger partial charge in [0.25, 0.3) is 5.91 Å². The molecular weight excluding hydrogens is 372 g/mol. The lowest BCUT2D eigenvalue weighted by Gasteiger charge is -2.10. The lowest BCUT2D eigenvalue weighted by atomic mass is 10.1. The van der Waals surface area contributed by atoms with E-state index in [1.165, 1.54) is 5.56 Å². The minimum Gasteiger partial charge on any atom is -0.320 e. The fourth-order valence-electron chi connectivity index (χ4n) is 3.52. The average Bonchev–Trinajstić information content (AvgIpc) is 3.18. The van der Waals surface area contributed by atoms with E-state index >= 15 is 0 Å². The highest BCUT2D eigenvalue weighted by Crippen LogP contribution is 2.26. The van der Waals surface area contributed by atoms with E-state index in [4.69, 9.17) is 4.98 Å². The molecule has 0 aliphatic carbocycles. The van der Waals surface area contributed by atoms with Crippen LogP contribution in [0.25, 0.3) is 27.8 Å². The minimum absolute atomic E-state index is 0.230. The number of hydrogen-bond acceptors (Lipinski definition) is 3. The average molecular weight is 392 g/mol. The van der Waals surface area contributed by atoms with Crippen molar-refractivity contribution in [2.45, 2.75) is 13.8 Å². The molecule has 0 aliphatic rings. The number of anilines is 1. The molecule has 146 valence electrons. The Bertz CT molecular complexity index is 1420. The van der Waals surface area contributed by atoms with Crippen molar-refractivity contribution >= 4 is 28.1 Å². The summed E-state index contributed by atoms with van der Waals surface area (Å²) in [6, 6.07) is 21.5. The standard InChI is InChI=1S/C25H20N4O/c1-16-11-12-29-15-23(27-24(29)13-16)19-8-7-17(2)22(14-19)28-25(30)21-10-9-18-5-3-4-6-20(18)26-21/h3-15H,1-2H3,(H,28,30). The van der Waals surface area contributed by atoms with Gasteiger partial charge in [-0.2, -0.15) is 0 Å². The lowest BCUT2D eigenvalue weighted by Crippen LogP contribution is -2.14. The molecule has 0 fully saturated rings. The molecule has 5 nitrogen and oxygen atoms in total. The van der Waals surface area contributed by atoms with Crippen molar-refractivity contribution in [3.63, 3.8) is 0 Å². The molecule has 0 bridgehead atoms. The number of nitrogens with zero attached hydrogens (tertiary/aromatic N) is 3. The number of aryl methyl sites for hydroxylation is 2. The molecule has 3 aromatic heterocycles.